The normalized spacial score (nSPS) is 29.0. The Morgan fingerprint density at radius 2 is 1.80 bits per heavy atom. The van der Waals surface area contributed by atoms with Gasteiger partial charge in [0.1, 0.15) is 0 Å². The summed E-state index contributed by atoms with van der Waals surface area (Å²) in [6, 6.07) is 0. The highest BCUT2D eigenvalue weighted by Gasteiger charge is 2.47. The molecule has 1 aliphatic carbocycles. The quantitative estimate of drug-likeness (QED) is 0.772. The molecule has 0 amide bonds. The molecule has 0 aromatic rings. The molecule has 2 N–H and O–H groups in total. The van der Waals surface area contributed by atoms with Crippen LogP contribution in [0, 0.1) is 5.41 Å². The van der Waals surface area contributed by atoms with Crippen molar-refractivity contribution in [1.82, 2.24) is 4.90 Å². The van der Waals surface area contributed by atoms with Crippen LogP contribution in [0.1, 0.15) is 52.4 Å². The minimum absolute atomic E-state index is 0.409. The Hall–Kier alpha value is -0.0800. The van der Waals surface area contributed by atoms with E-state index < -0.39 is 0 Å². The zero-order chi connectivity index (χ0) is 10.9. The molecule has 0 spiro atoms. The summed E-state index contributed by atoms with van der Waals surface area (Å²) in [5.74, 6) is 0. The molecule has 0 aromatic heterocycles. The molecule has 88 valence electrons. The predicted octanol–water partition coefficient (Wildman–Crippen LogP) is 2.38. The van der Waals surface area contributed by atoms with Crippen LogP contribution in [-0.4, -0.2) is 30.1 Å². The predicted molar refractivity (Wildman–Crippen MR) is 64.8 cm³/mol. The number of hydrogen-bond acceptors (Lipinski definition) is 2. The Balaban J connectivity index is 2.02. The van der Waals surface area contributed by atoms with Crippen molar-refractivity contribution in [2.45, 2.75) is 57.9 Å². The summed E-state index contributed by atoms with van der Waals surface area (Å²) in [4.78, 5) is 2.71. The van der Waals surface area contributed by atoms with Crippen LogP contribution < -0.4 is 5.73 Å². The van der Waals surface area contributed by atoms with Crippen molar-refractivity contribution in [2.24, 2.45) is 11.1 Å². The topological polar surface area (TPSA) is 29.3 Å². The monoisotopic (exact) mass is 210 g/mol. The molecule has 2 heteroatoms. The first-order valence-corrected chi connectivity index (χ1v) is 6.65. The van der Waals surface area contributed by atoms with Gasteiger partial charge in [0.2, 0.25) is 0 Å². The molecule has 15 heavy (non-hydrogen) atoms. The zero-order valence-corrected chi connectivity index (χ0v) is 10.4. The molecular formula is C13H26N2. The molecule has 0 atom stereocenters. The number of nitrogens with two attached hydrogens (primary N) is 1. The molecule has 1 saturated heterocycles. The third-order valence-electron chi connectivity index (χ3n) is 5.27. The Morgan fingerprint density at radius 1 is 1.13 bits per heavy atom. The molecule has 0 aromatic carbocycles. The fourth-order valence-corrected chi connectivity index (χ4v) is 3.40. The van der Waals surface area contributed by atoms with Crippen LogP contribution in [0.2, 0.25) is 0 Å². The fourth-order valence-electron chi connectivity index (χ4n) is 3.40. The highest BCUT2D eigenvalue weighted by molar-refractivity contribution is 5.03. The summed E-state index contributed by atoms with van der Waals surface area (Å²) in [5.41, 5.74) is 7.00. The largest absolute Gasteiger partial charge is 0.329 e. The first kappa shape index (κ1) is 11.4. The molecule has 2 nitrogen and oxygen atoms in total. The van der Waals surface area contributed by atoms with E-state index in [-0.39, 0.29) is 0 Å². The van der Waals surface area contributed by atoms with Crippen LogP contribution in [0.5, 0.6) is 0 Å². The Bertz CT molecular complexity index is 211. The van der Waals surface area contributed by atoms with Crippen molar-refractivity contribution in [1.29, 1.82) is 0 Å². The molecule has 1 heterocycles. The maximum atomic E-state index is 5.98. The van der Waals surface area contributed by atoms with E-state index in [1.165, 1.54) is 51.6 Å². The van der Waals surface area contributed by atoms with Gasteiger partial charge in [0.15, 0.2) is 0 Å². The van der Waals surface area contributed by atoms with Crippen molar-refractivity contribution >= 4 is 0 Å². The molecular weight excluding hydrogens is 184 g/mol. The lowest BCUT2D eigenvalue weighted by atomic mass is 9.75. The average Bonchev–Trinajstić information content (AvgIpc) is 2.63. The van der Waals surface area contributed by atoms with Gasteiger partial charge < -0.3 is 5.73 Å². The van der Waals surface area contributed by atoms with Crippen LogP contribution >= 0.6 is 0 Å². The molecule has 2 aliphatic rings. The van der Waals surface area contributed by atoms with Gasteiger partial charge >= 0.3 is 0 Å². The first-order chi connectivity index (χ1) is 7.20. The minimum atomic E-state index is 0.409. The van der Waals surface area contributed by atoms with E-state index in [9.17, 15) is 0 Å². The lowest BCUT2D eigenvalue weighted by Gasteiger charge is -2.49. The van der Waals surface area contributed by atoms with Crippen molar-refractivity contribution in [3.05, 3.63) is 0 Å². The van der Waals surface area contributed by atoms with Gasteiger partial charge in [-0.3, -0.25) is 4.90 Å². The van der Waals surface area contributed by atoms with E-state index in [4.69, 9.17) is 5.73 Å². The SMILES string of the molecule is CCC1(CC)CCN(C2(CN)CCC2)C1. The van der Waals surface area contributed by atoms with E-state index in [0.29, 0.717) is 11.0 Å². The van der Waals surface area contributed by atoms with Gasteiger partial charge in [-0.1, -0.05) is 13.8 Å². The summed E-state index contributed by atoms with van der Waals surface area (Å²) in [7, 11) is 0. The third kappa shape index (κ3) is 1.72. The van der Waals surface area contributed by atoms with Crippen LogP contribution in [0.25, 0.3) is 0 Å². The van der Waals surface area contributed by atoms with Gasteiger partial charge in [-0.05, 0) is 50.5 Å². The molecule has 0 radical (unpaired) electrons. The van der Waals surface area contributed by atoms with Crippen LogP contribution in [0.15, 0.2) is 0 Å². The van der Waals surface area contributed by atoms with E-state index in [0.717, 1.165) is 6.54 Å². The standard InChI is InChI=1S/C13H26N2/c1-3-12(4-2)8-9-15(11-12)13(10-14)6-5-7-13/h3-11,14H2,1-2H3. The van der Waals surface area contributed by atoms with Crippen LogP contribution in [0.4, 0.5) is 0 Å². The number of nitrogens with zero attached hydrogens (tertiary/aromatic N) is 1. The summed E-state index contributed by atoms with van der Waals surface area (Å²) in [6.45, 7) is 8.17. The average molecular weight is 210 g/mol. The zero-order valence-electron chi connectivity index (χ0n) is 10.4. The van der Waals surface area contributed by atoms with Gasteiger partial charge in [-0.2, -0.15) is 0 Å². The molecule has 0 bridgehead atoms. The van der Waals surface area contributed by atoms with Gasteiger partial charge in [-0.25, -0.2) is 0 Å². The lowest BCUT2D eigenvalue weighted by Crippen LogP contribution is -2.57. The second-order valence-electron chi connectivity index (χ2n) is 5.66. The van der Waals surface area contributed by atoms with E-state index in [1.54, 1.807) is 0 Å². The van der Waals surface area contributed by atoms with Crippen LogP contribution in [0.3, 0.4) is 0 Å². The second kappa shape index (κ2) is 4.06. The summed E-state index contributed by atoms with van der Waals surface area (Å²) >= 11 is 0. The second-order valence-corrected chi connectivity index (χ2v) is 5.66. The summed E-state index contributed by atoms with van der Waals surface area (Å²) < 4.78 is 0. The van der Waals surface area contributed by atoms with Crippen molar-refractivity contribution in [3.63, 3.8) is 0 Å². The van der Waals surface area contributed by atoms with Crippen LogP contribution in [-0.2, 0) is 0 Å². The third-order valence-corrected chi connectivity index (χ3v) is 5.27. The van der Waals surface area contributed by atoms with E-state index >= 15 is 0 Å². The first-order valence-electron chi connectivity index (χ1n) is 6.65. The smallest absolute Gasteiger partial charge is 0.0332 e. The molecule has 1 aliphatic heterocycles. The van der Waals surface area contributed by atoms with Gasteiger partial charge in [0, 0.05) is 18.6 Å². The minimum Gasteiger partial charge on any atom is -0.329 e. The fraction of sp³-hybridized carbons (Fsp3) is 1.00. The summed E-state index contributed by atoms with van der Waals surface area (Å²) in [5, 5.41) is 0. The number of likely N-dealkylation sites (tertiary alicyclic amines) is 1. The highest BCUT2D eigenvalue weighted by Crippen LogP contribution is 2.45. The van der Waals surface area contributed by atoms with Crippen molar-refractivity contribution < 1.29 is 0 Å². The van der Waals surface area contributed by atoms with Gasteiger partial charge in [-0.15, -0.1) is 0 Å². The Morgan fingerprint density at radius 3 is 2.13 bits per heavy atom. The van der Waals surface area contributed by atoms with Crippen molar-refractivity contribution in [2.75, 3.05) is 19.6 Å². The Labute approximate surface area is 94.2 Å². The molecule has 2 rings (SSSR count). The molecule has 2 fully saturated rings. The lowest BCUT2D eigenvalue weighted by molar-refractivity contribution is 0.0326. The highest BCUT2D eigenvalue weighted by atomic mass is 15.2. The van der Waals surface area contributed by atoms with Gasteiger partial charge in [0.25, 0.3) is 0 Å². The molecule has 0 unspecified atom stereocenters. The molecule has 1 saturated carbocycles. The van der Waals surface area contributed by atoms with Crippen molar-refractivity contribution in [3.8, 4) is 0 Å². The number of hydrogen-bond donors (Lipinski definition) is 1. The van der Waals surface area contributed by atoms with E-state index in [2.05, 4.69) is 18.7 Å². The summed E-state index contributed by atoms with van der Waals surface area (Å²) in [6.07, 6.45) is 8.13. The maximum absolute atomic E-state index is 5.98. The number of rotatable bonds is 4. The maximum Gasteiger partial charge on any atom is 0.0332 e. The van der Waals surface area contributed by atoms with Gasteiger partial charge in [0.05, 0.1) is 0 Å². The van der Waals surface area contributed by atoms with E-state index in [1.807, 2.05) is 0 Å². The Kier molecular flexibility index (Phi) is 3.09.